The summed E-state index contributed by atoms with van der Waals surface area (Å²) in [7, 11) is 4.29. The van der Waals surface area contributed by atoms with Crippen LogP contribution in [0.5, 0.6) is 0 Å². The molecule has 0 aliphatic carbocycles. The van der Waals surface area contributed by atoms with Gasteiger partial charge in [0, 0.05) is 29.9 Å². The Morgan fingerprint density at radius 2 is 2.10 bits per heavy atom. The molecule has 1 aromatic rings. The SMILES string of the molecule is CN1CCC(CN(C)c2ccc(Cl)cc2C(N)=S)CC1. The number of nitrogens with zero attached hydrogens (tertiary/aromatic N) is 2. The lowest BCUT2D eigenvalue weighted by atomic mass is 9.96. The first kappa shape index (κ1) is 15.5. The second-order valence-corrected chi connectivity index (χ2v) is 6.53. The zero-order valence-corrected chi connectivity index (χ0v) is 13.7. The largest absolute Gasteiger partial charge is 0.389 e. The minimum Gasteiger partial charge on any atom is -0.389 e. The summed E-state index contributed by atoms with van der Waals surface area (Å²) in [5, 5.41) is 0.671. The third kappa shape index (κ3) is 3.84. The molecule has 1 saturated heterocycles. The van der Waals surface area contributed by atoms with Crippen molar-refractivity contribution in [2.75, 3.05) is 38.6 Å². The molecule has 0 unspecified atom stereocenters. The minimum atomic E-state index is 0.401. The van der Waals surface area contributed by atoms with E-state index >= 15 is 0 Å². The molecule has 0 atom stereocenters. The molecule has 0 spiro atoms. The fourth-order valence-electron chi connectivity index (χ4n) is 2.77. The summed E-state index contributed by atoms with van der Waals surface area (Å²) in [4.78, 5) is 5.04. The van der Waals surface area contributed by atoms with E-state index in [-0.39, 0.29) is 0 Å². The molecule has 110 valence electrons. The number of thiocarbonyl (C=S) groups is 1. The van der Waals surface area contributed by atoms with Gasteiger partial charge in [-0.3, -0.25) is 0 Å². The third-order valence-electron chi connectivity index (χ3n) is 4.01. The Labute approximate surface area is 131 Å². The number of hydrogen-bond donors (Lipinski definition) is 1. The molecule has 1 heterocycles. The first-order valence-corrected chi connectivity index (χ1v) is 7.75. The number of hydrogen-bond acceptors (Lipinski definition) is 3. The summed E-state index contributed by atoms with van der Waals surface area (Å²) >= 11 is 11.2. The normalized spacial score (nSPS) is 17.1. The number of benzene rings is 1. The summed E-state index contributed by atoms with van der Waals surface area (Å²) < 4.78 is 0. The third-order valence-corrected chi connectivity index (χ3v) is 4.46. The number of rotatable bonds is 4. The van der Waals surface area contributed by atoms with E-state index < -0.39 is 0 Å². The van der Waals surface area contributed by atoms with Crippen molar-refractivity contribution >= 4 is 34.5 Å². The summed E-state index contributed by atoms with van der Waals surface area (Å²) in [5.74, 6) is 0.728. The van der Waals surface area contributed by atoms with Crippen LogP contribution >= 0.6 is 23.8 Å². The van der Waals surface area contributed by atoms with E-state index in [1.54, 1.807) is 0 Å². The predicted octanol–water partition coefficient (Wildman–Crippen LogP) is 2.75. The second kappa shape index (κ2) is 6.74. The van der Waals surface area contributed by atoms with E-state index in [1.807, 2.05) is 18.2 Å². The van der Waals surface area contributed by atoms with E-state index in [2.05, 4.69) is 23.9 Å². The Morgan fingerprint density at radius 3 is 2.70 bits per heavy atom. The summed E-state index contributed by atoms with van der Waals surface area (Å²) in [6.07, 6.45) is 2.49. The van der Waals surface area contributed by atoms with E-state index in [0.29, 0.717) is 10.0 Å². The van der Waals surface area contributed by atoms with Gasteiger partial charge in [-0.2, -0.15) is 0 Å². The highest BCUT2D eigenvalue weighted by molar-refractivity contribution is 7.80. The smallest absolute Gasteiger partial charge is 0.106 e. The van der Waals surface area contributed by atoms with Gasteiger partial charge in [0.1, 0.15) is 4.99 Å². The molecule has 1 aliphatic heterocycles. The topological polar surface area (TPSA) is 32.5 Å². The van der Waals surface area contributed by atoms with Gasteiger partial charge in [-0.25, -0.2) is 0 Å². The number of halogens is 1. The van der Waals surface area contributed by atoms with Crippen molar-refractivity contribution in [3.63, 3.8) is 0 Å². The van der Waals surface area contributed by atoms with Crippen LogP contribution in [0.4, 0.5) is 5.69 Å². The van der Waals surface area contributed by atoms with Gasteiger partial charge in [0.05, 0.1) is 0 Å². The molecule has 0 radical (unpaired) electrons. The van der Waals surface area contributed by atoms with Crippen molar-refractivity contribution in [2.45, 2.75) is 12.8 Å². The lowest BCUT2D eigenvalue weighted by molar-refractivity contribution is 0.222. The van der Waals surface area contributed by atoms with Crippen LogP contribution in [0.1, 0.15) is 18.4 Å². The molecule has 2 rings (SSSR count). The quantitative estimate of drug-likeness (QED) is 0.867. The molecule has 1 aromatic carbocycles. The highest BCUT2D eigenvalue weighted by Gasteiger charge is 2.19. The predicted molar refractivity (Wildman–Crippen MR) is 90.8 cm³/mol. The molecule has 1 aliphatic rings. The van der Waals surface area contributed by atoms with Gasteiger partial charge in [0.2, 0.25) is 0 Å². The lowest BCUT2D eigenvalue weighted by Gasteiger charge is -2.33. The maximum absolute atomic E-state index is 6.03. The Bertz CT molecular complexity index is 484. The lowest BCUT2D eigenvalue weighted by Crippen LogP contribution is -2.36. The molecule has 0 saturated carbocycles. The van der Waals surface area contributed by atoms with E-state index in [1.165, 1.54) is 25.9 Å². The molecule has 5 heteroatoms. The van der Waals surface area contributed by atoms with Gasteiger partial charge in [0.15, 0.2) is 0 Å². The molecular formula is C15H22ClN3S. The van der Waals surface area contributed by atoms with Crippen molar-refractivity contribution in [1.29, 1.82) is 0 Å². The highest BCUT2D eigenvalue weighted by Crippen LogP contribution is 2.26. The van der Waals surface area contributed by atoms with Crippen LogP contribution in [0.2, 0.25) is 5.02 Å². The summed E-state index contributed by atoms with van der Waals surface area (Å²) in [5.41, 5.74) is 7.75. The van der Waals surface area contributed by atoms with Crippen molar-refractivity contribution in [2.24, 2.45) is 11.7 Å². The summed E-state index contributed by atoms with van der Waals surface area (Å²) in [6.45, 7) is 3.40. The fraction of sp³-hybridized carbons (Fsp3) is 0.533. The van der Waals surface area contributed by atoms with Gasteiger partial charge in [-0.15, -0.1) is 0 Å². The van der Waals surface area contributed by atoms with Gasteiger partial charge in [-0.1, -0.05) is 23.8 Å². The van der Waals surface area contributed by atoms with Gasteiger partial charge >= 0.3 is 0 Å². The van der Waals surface area contributed by atoms with Crippen LogP contribution in [0.3, 0.4) is 0 Å². The monoisotopic (exact) mass is 311 g/mol. The minimum absolute atomic E-state index is 0.401. The van der Waals surface area contributed by atoms with Crippen LogP contribution in [0.25, 0.3) is 0 Å². The maximum Gasteiger partial charge on any atom is 0.106 e. The highest BCUT2D eigenvalue weighted by atomic mass is 35.5. The zero-order valence-electron chi connectivity index (χ0n) is 12.1. The Morgan fingerprint density at radius 1 is 1.45 bits per heavy atom. The number of nitrogens with two attached hydrogens (primary N) is 1. The summed E-state index contributed by atoms with van der Waals surface area (Å²) in [6, 6.07) is 5.75. The first-order chi connectivity index (χ1) is 9.47. The second-order valence-electron chi connectivity index (χ2n) is 5.65. The number of likely N-dealkylation sites (tertiary alicyclic amines) is 1. The van der Waals surface area contributed by atoms with Crippen LogP contribution in [-0.2, 0) is 0 Å². The molecule has 1 fully saturated rings. The molecule has 0 aromatic heterocycles. The maximum atomic E-state index is 6.03. The number of piperidine rings is 1. The molecule has 0 amide bonds. The Hall–Kier alpha value is -0.840. The van der Waals surface area contributed by atoms with E-state index in [4.69, 9.17) is 29.6 Å². The number of anilines is 1. The van der Waals surface area contributed by atoms with E-state index in [9.17, 15) is 0 Å². The standard InChI is InChI=1S/C15H22ClN3S/c1-18-7-5-11(6-8-18)10-19(2)14-4-3-12(16)9-13(14)15(17)20/h3-4,9,11H,5-8,10H2,1-2H3,(H2,17,20). The average molecular weight is 312 g/mol. The molecule has 2 N–H and O–H groups in total. The van der Waals surface area contributed by atoms with Gasteiger partial charge in [0.25, 0.3) is 0 Å². The Balaban J connectivity index is 2.09. The van der Waals surface area contributed by atoms with Crippen LogP contribution < -0.4 is 10.6 Å². The van der Waals surface area contributed by atoms with E-state index in [0.717, 1.165) is 23.7 Å². The fourth-order valence-corrected chi connectivity index (χ4v) is 3.10. The average Bonchev–Trinajstić information content (AvgIpc) is 2.41. The van der Waals surface area contributed by atoms with Crippen molar-refractivity contribution in [3.05, 3.63) is 28.8 Å². The van der Waals surface area contributed by atoms with Gasteiger partial charge in [-0.05, 0) is 57.1 Å². The van der Waals surface area contributed by atoms with Gasteiger partial charge < -0.3 is 15.5 Å². The van der Waals surface area contributed by atoms with Crippen molar-refractivity contribution in [3.8, 4) is 0 Å². The van der Waals surface area contributed by atoms with Crippen molar-refractivity contribution in [1.82, 2.24) is 4.90 Å². The molecule has 0 bridgehead atoms. The molecule has 3 nitrogen and oxygen atoms in total. The van der Waals surface area contributed by atoms with Crippen LogP contribution in [0, 0.1) is 5.92 Å². The van der Waals surface area contributed by atoms with Crippen LogP contribution in [-0.4, -0.2) is 43.6 Å². The molecular weight excluding hydrogens is 290 g/mol. The zero-order chi connectivity index (χ0) is 14.7. The molecule has 20 heavy (non-hydrogen) atoms. The first-order valence-electron chi connectivity index (χ1n) is 6.96. The van der Waals surface area contributed by atoms with Crippen LogP contribution in [0.15, 0.2) is 18.2 Å². The Kier molecular flexibility index (Phi) is 5.24. The van der Waals surface area contributed by atoms with Crippen molar-refractivity contribution < 1.29 is 0 Å².